The van der Waals surface area contributed by atoms with Gasteiger partial charge in [-0.3, -0.25) is 9.59 Å². The van der Waals surface area contributed by atoms with E-state index in [9.17, 15) is 9.59 Å². The number of hydrogen-bond donors (Lipinski definition) is 2. The highest BCUT2D eigenvalue weighted by molar-refractivity contribution is 6.05. The molecule has 2 aliphatic rings. The summed E-state index contributed by atoms with van der Waals surface area (Å²) in [5.74, 6) is 2.55. The summed E-state index contributed by atoms with van der Waals surface area (Å²) >= 11 is 0. The molecule has 0 radical (unpaired) electrons. The molecule has 2 aromatic carbocycles. The van der Waals surface area contributed by atoms with E-state index in [2.05, 4.69) is 34.4 Å². The first-order valence-corrected chi connectivity index (χ1v) is 13.4. The van der Waals surface area contributed by atoms with Gasteiger partial charge < -0.3 is 15.5 Å². The Morgan fingerprint density at radius 2 is 1.65 bits per heavy atom. The van der Waals surface area contributed by atoms with Crippen LogP contribution in [0.25, 0.3) is 11.1 Å². The minimum absolute atomic E-state index is 0.0265. The van der Waals surface area contributed by atoms with E-state index in [0.29, 0.717) is 28.9 Å². The maximum Gasteiger partial charge on any atom is 0.255 e. The molecular weight excluding hydrogens is 460 g/mol. The van der Waals surface area contributed by atoms with Gasteiger partial charge in [0.1, 0.15) is 5.82 Å². The number of aryl methyl sites for hydroxylation is 1. The number of nitrogens with zero attached hydrogens (tertiary/aromatic N) is 2. The van der Waals surface area contributed by atoms with Gasteiger partial charge in [-0.25, -0.2) is 4.98 Å². The van der Waals surface area contributed by atoms with Gasteiger partial charge in [0.05, 0.1) is 0 Å². The number of aromatic nitrogens is 1. The third-order valence-corrected chi connectivity index (χ3v) is 7.40. The summed E-state index contributed by atoms with van der Waals surface area (Å²) in [5, 5.41) is 6.07. The number of piperidine rings is 1. The molecule has 1 aromatic heterocycles. The van der Waals surface area contributed by atoms with Crippen LogP contribution in [-0.4, -0.2) is 36.4 Å². The molecule has 2 heterocycles. The summed E-state index contributed by atoms with van der Waals surface area (Å²) in [5.41, 5.74) is 5.12. The van der Waals surface area contributed by atoms with Crippen molar-refractivity contribution in [1.29, 1.82) is 0 Å². The fourth-order valence-corrected chi connectivity index (χ4v) is 5.26. The van der Waals surface area contributed by atoms with Gasteiger partial charge in [0.25, 0.3) is 11.8 Å². The van der Waals surface area contributed by atoms with Crippen molar-refractivity contribution in [2.75, 3.05) is 29.9 Å². The molecule has 2 atom stereocenters. The zero-order valence-electron chi connectivity index (χ0n) is 22.0. The van der Waals surface area contributed by atoms with Crippen molar-refractivity contribution in [3.63, 3.8) is 0 Å². The monoisotopic (exact) mass is 496 g/mol. The summed E-state index contributed by atoms with van der Waals surface area (Å²) < 4.78 is 0. The molecule has 2 N–H and O–H groups in total. The van der Waals surface area contributed by atoms with Gasteiger partial charge in [0.2, 0.25) is 0 Å². The summed E-state index contributed by atoms with van der Waals surface area (Å²) in [7, 11) is 0. The van der Waals surface area contributed by atoms with E-state index in [1.54, 1.807) is 12.3 Å². The standard InChI is InChI=1S/C31H36N4O2/c1-20-14-21(2)19-35(18-20)29-15-26(12-13-32-29)31(37)34-27-11-4-22(3)28(16-27)24-7-9-25(10-8-24)30(36)33-17-23-5-6-23/h4,7-13,15-16,20-21,23H,5-6,14,17-19H2,1-3H3,(H,33,36)(H,34,37). The van der Waals surface area contributed by atoms with Gasteiger partial charge in [-0.15, -0.1) is 0 Å². The van der Waals surface area contributed by atoms with E-state index in [4.69, 9.17) is 0 Å². The molecule has 1 aliphatic heterocycles. The predicted molar refractivity (Wildman–Crippen MR) is 149 cm³/mol. The Morgan fingerprint density at radius 1 is 0.919 bits per heavy atom. The maximum absolute atomic E-state index is 13.1. The fraction of sp³-hybridized carbons (Fsp3) is 0.387. The molecule has 0 spiro atoms. The van der Waals surface area contributed by atoms with Crippen LogP contribution in [-0.2, 0) is 0 Å². The van der Waals surface area contributed by atoms with E-state index >= 15 is 0 Å². The second kappa shape index (κ2) is 10.8. The number of hydrogen-bond acceptors (Lipinski definition) is 4. The van der Waals surface area contributed by atoms with E-state index in [1.165, 1.54) is 19.3 Å². The van der Waals surface area contributed by atoms with Crippen LogP contribution < -0.4 is 15.5 Å². The van der Waals surface area contributed by atoms with Crippen LogP contribution in [0.2, 0.25) is 0 Å². The van der Waals surface area contributed by atoms with Crippen molar-refractivity contribution in [2.24, 2.45) is 17.8 Å². The van der Waals surface area contributed by atoms with Gasteiger partial charge >= 0.3 is 0 Å². The second-order valence-corrected chi connectivity index (χ2v) is 11.0. The topological polar surface area (TPSA) is 74.3 Å². The molecule has 2 fully saturated rings. The number of nitrogens with one attached hydrogen (secondary N) is 2. The molecule has 3 aromatic rings. The molecule has 1 saturated heterocycles. The zero-order valence-corrected chi connectivity index (χ0v) is 22.0. The Bertz CT molecular complexity index is 1270. The van der Waals surface area contributed by atoms with E-state index in [-0.39, 0.29) is 11.8 Å². The molecule has 2 unspecified atom stereocenters. The average Bonchev–Trinajstić information content (AvgIpc) is 3.73. The normalized spacial score (nSPS) is 19.4. The van der Waals surface area contributed by atoms with Crippen molar-refractivity contribution in [3.8, 4) is 11.1 Å². The molecule has 5 rings (SSSR count). The van der Waals surface area contributed by atoms with E-state index < -0.39 is 0 Å². The third kappa shape index (κ3) is 6.19. The van der Waals surface area contributed by atoms with Gasteiger partial charge in [-0.1, -0.05) is 32.0 Å². The Labute approximate surface area is 219 Å². The Kier molecular flexibility index (Phi) is 7.26. The number of amides is 2. The first-order chi connectivity index (χ1) is 17.9. The maximum atomic E-state index is 13.1. The number of rotatable bonds is 7. The highest BCUT2D eigenvalue weighted by Gasteiger charge is 2.24. The van der Waals surface area contributed by atoms with Crippen LogP contribution in [0.1, 0.15) is 59.4 Å². The van der Waals surface area contributed by atoms with Crippen molar-refractivity contribution in [2.45, 2.75) is 40.0 Å². The molecule has 0 bridgehead atoms. The molecule has 37 heavy (non-hydrogen) atoms. The molecule has 6 nitrogen and oxygen atoms in total. The van der Waals surface area contributed by atoms with Crippen molar-refractivity contribution >= 4 is 23.3 Å². The van der Waals surface area contributed by atoms with Crippen molar-refractivity contribution in [3.05, 3.63) is 77.5 Å². The molecule has 192 valence electrons. The Morgan fingerprint density at radius 3 is 2.35 bits per heavy atom. The van der Waals surface area contributed by atoms with Gasteiger partial charge in [0, 0.05) is 42.6 Å². The smallest absolute Gasteiger partial charge is 0.255 e. The Balaban J connectivity index is 1.28. The lowest BCUT2D eigenvalue weighted by atomic mass is 9.92. The number of carbonyl (C=O) groups excluding carboxylic acids is 2. The number of pyridine rings is 1. The quantitative estimate of drug-likeness (QED) is 0.425. The largest absolute Gasteiger partial charge is 0.356 e. The first kappa shape index (κ1) is 25.0. The lowest BCUT2D eigenvalue weighted by Gasteiger charge is -2.35. The summed E-state index contributed by atoms with van der Waals surface area (Å²) in [6, 6.07) is 17.2. The van der Waals surface area contributed by atoms with Crippen LogP contribution in [0.5, 0.6) is 0 Å². The van der Waals surface area contributed by atoms with Crippen molar-refractivity contribution in [1.82, 2.24) is 10.3 Å². The van der Waals surface area contributed by atoms with Crippen molar-refractivity contribution < 1.29 is 9.59 Å². The second-order valence-electron chi connectivity index (χ2n) is 11.0. The fourth-order valence-electron chi connectivity index (χ4n) is 5.26. The van der Waals surface area contributed by atoms with Gasteiger partial charge in [-0.2, -0.15) is 0 Å². The van der Waals surface area contributed by atoms with E-state index in [0.717, 1.165) is 47.8 Å². The van der Waals surface area contributed by atoms with E-state index in [1.807, 2.05) is 55.5 Å². The van der Waals surface area contributed by atoms with Crippen LogP contribution in [0, 0.1) is 24.7 Å². The first-order valence-electron chi connectivity index (χ1n) is 13.4. The number of benzene rings is 2. The summed E-state index contributed by atoms with van der Waals surface area (Å²) in [6.07, 6.45) is 5.37. The lowest BCUT2D eigenvalue weighted by Crippen LogP contribution is -2.39. The molecular formula is C31H36N4O2. The third-order valence-electron chi connectivity index (χ3n) is 7.40. The average molecular weight is 497 g/mol. The van der Waals surface area contributed by atoms with Gasteiger partial charge in [0.15, 0.2) is 0 Å². The molecule has 6 heteroatoms. The highest BCUT2D eigenvalue weighted by Crippen LogP contribution is 2.29. The van der Waals surface area contributed by atoms with Gasteiger partial charge in [-0.05, 0) is 97.0 Å². The number of carbonyl (C=O) groups is 2. The zero-order chi connectivity index (χ0) is 25.9. The lowest BCUT2D eigenvalue weighted by molar-refractivity contribution is 0.0951. The SMILES string of the molecule is Cc1ccc(NC(=O)c2ccnc(N3CC(C)CC(C)C3)c2)cc1-c1ccc(C(=O)NCC2CC2)cc1. The molecule has 1 aliphatic carbocycles. The molecule has 1 saturated carbocycles. The van der Waals surface area contributed by atoms with Crippen LogP contribution >= 0.6 is 0 Å². The molecule has 2 amide bonds. The van der Waals surface area contributed by atoms with Crippen LogP contribution in [0.3, 0.4) is 0 Å². The van der Waals surface area contributed by atoms with Crippen LogP contribution in [0.4, 0.5) is 11.5 Å². The summed E-state index contributed by atoms with van der Waals surface area (Å²) in [4.78, 5) is 32.4. The summed E-state index contributed by atoms with van der Waals surface area (Å²) in [6.45, 7) is 9.27. The van der Waals surface area contributed by atoms with Crippen LogP contribution in [0.15, 0.2) is 60.8 Å². The minimum atomic E-state index is -0.153. The number of anilines is 2. The Hall–Kier alpha value is -3.67. The minimum Gasteiger partial charge on any atom is -0.356 e. The highest BCUT2D eigenvalue weighted by atomic mass is 16.2. The predicted octanol–water partition coefficient (Wildman–Crippen LogP) is 5.93.